The number of hydrogen-bond acceptors (Lipinski definition) is 6. The van der Waals surface area contributed by atoms with Crippen LogP contribution < -0.4 is 20.6 Å². The molecule has 0 spiro atoms. The Hall–Kier alpha value is -2.54. The number of ether oxygens (including phenoxy) is 2. The monoisotopic (exact) mass is 435 g/mol. The summed E-state index contributed by atoms with van der Waals surface area (Å²) in [5, 5.41) is 0.971. The molecule has 1 aromatic heterocycles. The minimum atomic E-state index is -0.734. The van der Waals surface area contributed by atoms with E-state index in [9.17, 15) is 9.59 Å². The van der Waals surface area contributed by atoms with Crippen molar-refractivity contribution in [3.8, 4) is 17.2 Å². The highest BCUT2D eigenvalue weighted by Gasteiger charge is 2.22. The SMILES string of the molecule is CCC(C)[C@@H](N)C(=O)Oc1ccc2c(=O)c(Oc3ccc(Cl)cc3Cl)coc2c1. The molecular formula is C21H19Cl2NO5. The van der Waals surface area contributed by atoms with E-state index in [2.05, 4.69) is 0 Å². The highest BCUT2D eigenvalue weighted by molar-refractivity contribution is 6.35. The number of fused-ring (bicyclic) bond motifs is 1. The van der Waals surface area contributed by atoms with Crippen molar-refractivity contribution in [1.82, 2.24) is 0 Å². The van der Waals surface area contributed by atoms with Crippen molar-refractivity contribution in [3.63, 3.8) is 0 Å². The van der Waals surface area contributed by atoms with E-state index in [1.54, 1.807) is 12.1 Å². The van der Waals surface area contributed by atoms with Crippen molar-refractivity contribution >= 4 is 40.1 Å². The third-order valence-corrected chi connectivity index (χ3v) is 5.11. The highest BCUT2D eigenvalue weighted by Crippen LogP contribution is 2.31. The van der Waals surface area contributed by atoms with E-state index in [4.69, 9.17) is 42.8 Å². The topological polar surface area (TPSA) is 91.8 Å². The van der Waals surface area contributed by atoms with Gasteiger partial charge in [0.2, 0.25) is 11.2 Å². The van der Waals surface area contributed by atoms with Gasteiger partial charge in [-0.1, -0.05) is 43.5 Å². The van der Waals surface area contributed by atoms with Crippen LogP contribution in [0.3, 0.4) is 0 Å². The predicted octanol–water partition coefficient (Wildman–Crippen LogP) is 5.17. The van der Waals surface area contributed by atoms with Crippen LogP contribution in [0.1, 0.15) is 20.3 Å². The van der Waals surface area contributed by atoms with Crippen molar-refractivity contribution in [2.24, 2.45) is 11.7 Å². The van der Waals surface area contributed by atoms with Crippen LogP contribution in [-0.4, -0.2) is 12.0 Å². The van der Waals surface area contributed by atoms with Crippen LogP contribution in [0.15, 0.2) is 51.9 Å². The summed E-state index contributed by atoms with van der Waals surface area (Å²) in [7, 11) is 0. The van der Waals surface area contributed by atoms with Gasteiger partial charge in [-0.2, -0.15) is 0 Å². The molecule has 2 atom stereocenters. The van der Waals surface area contributed by atoms with Crippen LogP contribution in [0.4, 0.5) is 0 Å². The molecule has 152 valence electrons. The largest absolute Gasteiger partial charge is 0.460 e. The first-order valence-electron chi connectivity index (χ1n) is 8.96. The number of nitrogens with two attached hydrogens (primary N) is 1. The van der Waals surface area contributed by atoms with Crippen LogP contribution in [0.5, 0.6) is 17.2 Å². The molecule has 0 saturated carbocycles. The zero-order valence-electron chi connectivity index (χ0n) is 15.8. The fourth-order valence-corrected chi connectivity index (χ4v) is 3.02. The van der Waals surface area contributed by atoms with Crippen molar-refractivity contribution in [2.45, 2.75) is 26.3 Å². The number of esters is 1. The smallest absolute Gasteiger partial charge is 0.328 e. The molecule has 0 aliphatic rings. The lowest BCUT2D eigenvalue weighted by atomic mass is 10.0. The van der Waals surface area contributed by atoms with Crippen LogP contribution in [0, 0.1) is 5.92 Å². The van der Waals surface area contributed by atoms with Gasteiger partial charge in [-0.25, -0.2) is 4.79 Å². The van der Waals surface area contributed by atoms with Gasteiger partial charge < -0.3 is 19.6 Å². The summed E-state index contributed by atoms with van der Waals surface area (Å²) in [6.45, 7) is 3.82. The van der Waals surface area contributed by atoms with Crippen LogP contribution >= 0.6 is 23.2 Å². The molecule has 0 saturated heterocycles. The van der Waals surface area contributed by atoms with Crippen LogP contribution in [-0.2, 0) is 4.79 Å². The van der Waals surface area contributed by atoms with Gasteiger partial charge in [0.05, 0.1) is 10.4 Å². The number of halogens is 2. The fraction of sp³-hybridized carbons (Fsp3) is 0.238. The molecular weight excluding hydrogens is 417 g/mol. The second-order valence-electron chi connectivity index (χ2n) is 6.60. The van der Waals surface area contributed by atoms with Gasteiger partial charge in [-0.3, -0.25) is 4.79 Å². The first-order chi connectivity index (χ1) is 13.8. The minimum absolute atomic E-state index is 0.0136. The molecule has 29 heavy (non-hydrogen) atoms. The Kier molecular flexibility index (Phi) is 6.47. The molecule has 0 aliphatic heterocycles. The molecule has 1 unspecified atom stereocenters. The van der Waals surface area contributed by atoms with Gasteiger partial charge in [0, 0.05) is 11.1 Å². The summed E-state index contributed by atoms with van der Waals surface area (Å²) in [4.78, 5) is 24.8. The molecule has 2 aromatic carbocycles. The van der Waals surface area contributed by atoms with E-state index >= 15 is 0 Å². The molecule has 0 fully saturated rings. The average molecular weight is 436 g/mol. The van der Waals surface area contributed by atoms with E-state index in [1.807, 2.05) is 13.8 Å². The summed E-state index contributed by atoms with van der Waals surface area (Å²) < 4.78 is 16.4. The quantitative estimate of drug-likeness (QED) is 0.423. The Labute approximate surface area is 177 Å². The normalized spacial score (nSPS) is 13.1. The lowest BCUT2D eigenvalue weighted by Gasteiger charge is -2.16. The molecule has 2 N–H and O–H groups in total. The first kappa shape index (κ1) is 21.2. The van der Waals surface area contributed by atoms with Crippen molar-refractivity contribution in [2.75, 3.05) is 0 Å². The molecule has 0 amide bonds. The van der Waals surface area contributed by atoms with Gasteiger partial charge in [-0.05, 0) is 36.2 Å². The van der Waals surface area contributed by atoms with E-state index < -0.39 is 17.4 Å². The third-order valence-electron chi connectivity index (χ3n) is 4.58. The number of carbonyl (C=O) groups is 1. The van der Waals surface area contributed by atoms with Gasteiger partial charge in [0.1, 0.15) is 29.4 Å². The van der Waals surface area contributed by atoms with Gasteiger partial charge in [0.15, 0.2) is 0 Å². The van der Waals surface area contributed by atoms with Crippen molar-refractivity contribution in [1.29, 1.82) is 0 Å². The molecule has 1 heterocycles. The van der Waals surface area contributed by atoms with Gasteiger partial charge >= 0.3 is 5.97 Å². The van der Waals surface area contributed by atoms with Crippen molar-refractivity contribution in [3.05, 3.63) is 62.9 Å². The molecule has 8 heteroatoms. The van der Waals surface area contributed by atoms with Crippen molar-refractivity contribution < 1.29 is 18.7 Å². The second kappa shape index (κ2) is 8.86. The maximum atomic E-state index is 12.7. The number of carbonyl (C=O) groups excluding carboxylic acids is 1. The molecule has 0 aliphatic carbocycles. The number of benzene rings is 2. The van der Waals surface area contributed by atoms with E-state index in [0.29, 0.717) is 5.02 Å². The molecule has 6 nitrogen and oxygen atoms in total. The third kappa shape index (κ3) is 4.72. The van der Waals surface area contributed by atoms with E-state index in [0.717, 1.165) is 6.42 Å². The second-order valence-corrected chi connectivity index (χ2v) is 7.44. The summed E-state index contributed by atoms with van der Waals surface area (Å²) in [6, 6.07) is 8.37. The molecule has 0 bridgehead atoms. The average Bonchev–Trinajstić information content (AvgIpc) is 2.70. The molecule has 3 aromatic rings. The zero-order valence-corrected chi connectivity index (χ0v) is 17.3. The predicted molar refractivity (Wildman–Crippen MR) is 112 cm³/mol. The fourth-order valence-electron chi connectivity index (χ4n) is 2.57. The lowest BCUT2D eigenvalue weighted by molar-refractivity contribution is -0.137. The van der Waals surface area contributed by atoms with Crippen LogP contribution in [0.2, 0.25) is 10.0 Å². The number of rotatable bonds is 6. The molecule has 0 radical (unpaired) electrons. The Balaban J connectivity index is 1.85. The summed E-state index contributed by atoms with van der Waals surface area (Å²) in [5.74, 6) is -0.0879. The Morgan fingerprint density at radius 2 is 1.93 bits per heavy atom. The van der Waals surface area contributed by atoms with Gasteiger partial charge in [-0.15, -0.1) is 0 Å². The molecule has 3 rings (SSSR count). The standard InChI is InChI=1S/C21H19Cl2NO5/c1-3-11(2)19(24)21(26)28-13-5-6-14-17(9-13)27-10-18(20(14)25)29-16-7-4-12(22)8-15(16)23/h4-11,19H,3,24H2,1-2H3/t11?,19-/m1/s1. The number of hydrogen-bond donors (Lipinski definition) is 1. The Morgan fingerprint density at radius 3 is 2.62 bits per heavy atom. The maximum absolute atomic E-state index is 12.7. The summed E-state index contributed by atoms with van der Waals surface area (Å²) >= 11 is 11.9. The first-order valence-corrected chi connectivity index (χ1v) is 9.71. The van der Waals surface area contributed by atoms with E-state index in [1.165, 1.54) is 30.5 Å². The highest BCUT2D eigenvalue weighted by atomic mass is 35.5. The maximum Gasteiger partial charge on any atom is 0.328 e. The zero-order chi connectivity index (χ0) is 21.1. The lowest BCUT2D eigenvalue weighted by Crippen LogP contribution is -2.39. The summed E-state index contributed by atoms with van der Waals surface area (Å²) in [5.41, 5.74) is 5.73. The van der Waals surface area contributed by atoms with Gasteiger partial charge in [0.25, 0.3) is 0 Å². The minimum Gasteiger partial charge on any atom is -0.460 e. The summed E-state index contributed by atoms with van der Waals surface area (Å²) in [6.07, 6.45) is 1.93. The van der Waals surface area contributed by atoms with E-state index in [-0.39, 0.29) is 39.2 Å². The Morgan fingerprint density at radius 1 is 1.17 bits per heavy atom. The Bertz CT molecular complexity index is 1110. The van der Waals surface area contributed by atoms with Crippen LogP contribution in [0.25, 0.3) is 11.0 Å².